The molecule has 12 heavy (non-hydrogen) atoms. The average Bonchev–Trinajstić information content (AvgIpc) is 2.30. The van der Waals surface area contributed by atoms with Gasteiger partial charge in [0.05, 0.1) is 0 Å². The summed E-state index contributed by atoms with van der Waals surface area (Å²) in [6.45, 7) is 1.47. The van der Waals surface area contributed by atoms with Crippen molar-refractivity contribution in [3.63, 3.8) is 0 Å². The molecule has 0 radical (unpaired) electrons. The lowest BCUT2D eigenvalue weighted by atomic mass is 10.2. The Bertz CT molecular complexity index is 277. The van der Waals surface area contributed by atoms with Gasteiger partial charge in [0.25, 0.3) is 0 Å². The second kappa shape index (κ2) is 3.33. The number of hydrogen-bond donors (Lipinski definition) is 0. The second-order valence-corrected chi connectivity index (χ2v) is 4.72. The summed E-state index contributed by atoms with van der Waals surface area (Å²) in [5, 5.41) is 10.9. The predicted octanol–water partition coefficient (Wildman–Crippen LogP) is 2.49. The molecule has 0 heterocycles. The van der Waals surface area contributed by atoms with Gasteiger partial charge in [0.2, 0.25) is 3.79 Å². The highest BCUT2D eigenvalue weighted by molar-refractivity contribution is 6.69. The zero-order valence-electron chi connectivity index (χ0n) is 6.27. The lowest BCUT2D eigenvalue weighted by molar-refractivity contribution is -0.302. The number of alkyl halides is 3. The maximum Gasteiger partial charge on any atom is 0.216 e. The number of allylic oxidation sites excluding steroid dienone is 6. The molecule has 0 aliphatic heterocycles. The molecule has 0 unspecified atom stereocenters. The zero-order valence-corrected chi connectivity index (χ0v) is 8.54. The molecule has 1 rings (SSSR count). The minimum absolute atomic E-state index is 0.0319. The summed E-state index contributed by atoms with van der Waals surface area (Å²) in [4.78, 5) is 0. The van der Waals surface area contributed by atoms with Crippen LogP contribution in [0.5, 0.6) is 0 Å². The summed E-state index contributed by atoms with van der Waals surface area (Å²) in [7, 11) is 0. The summed E-state index contributed by atoms with van der Waals surface area (Å²) in [6.07, 6.45) is 4.85. The summed E-state index contributed by atoms with van der Waals surface area (Å²) in [6, 6.07) is 0. The Labute approximate surface area is 85.9 Å². The van der Waals surface area contributed by atoms with E-state index in [-0.39, 0.29) is 5.76 Å². The van der Waals surface area contributed by atoms with Crippen LogP contribution in [-0.2, 0) is 0 Å². The van der Waals surface area contributed by atoms with Crippen LogP contribution in [0.1, 0.15) is 6.92 Å². The van der Waals surface area contributed by atoms with Crippen molar-refractivity contribution in [1.29, 1.82) is 0 Å². The highest BCUT2D eigenvalue weighted by Gasteiger charge is 2.25. The van der Waals surface area contributed by atoms with Gasteiger partial charge >= 0.3 is 0 Å². The monoisotopic (exact) mass is 223 g/mol. The molecule has 1 aliphatic rings. The van der Waals surface area contributed by atoms with E-state index in [2.05, 4.69) is 0 Å². The van der Waals surface area contributed by atoms with Crippen LogP contribution >= 0.6 is 34.8 Å². The van der Waals surface area contributed by atoms with Gasteiger partial charge in [-0.1, -0.05) is 53.9 Å². The van der Waals surface area contributed by atoms with Crippen molar-refractivity contribution >= 4 is 34.8 Å². The molecule has 0 atom stereocenters. The molecule has 0 spiro atoms. The summed E-state index contributed by atoms with van der Waals surface area (Å²) < 4.78 is -1.44. The van der Waals surface area contributed by atoms with Crippen molar-refractivity contribution < 1.29 is 5.11 Å². The maximum atomic E-state index is 10.9. The Kier molecular flexibility index (Phi) is 2.77. The third kappa shape index (κ3) is 2.19. The normalized spacial score (nSPS) is 21.2. The molecule has 0 aromatic rings. The maximum absolute atomic E-state index is 10.9. The van der Waals surface area contributed by atoms with Gasteiger partial charge in [0.15, 0.2) is 0 Å². The first-order chi connectivity index (χ1) is 5.41. The van der Waals surface area contributed by atoms with E-state index in [0.29, 0.717) is 11.1 Å². The average molecular weight is 224 g/mol. The Morgan fingerprint density at radius 2 is 1.92 bits per heavy atom. The minimum Gasteiger partial charge on any atom is -0.875 e. The van der Waals surface area contributed by atoms with Gasteiger partial charge in [-0.3, -0.25) is 0 Å². The second-order valence-electron chi connectivity index (χ2n) is 2.44. The van der Waals surface area contributed by atoms with Crippen LogP contribution in [-0.4, -0.2) is 3.79 Å². The fourth-order valence-corrected chi connectivity index (χ4v) is 1.19. The first-order valence-corrected chi connectivity index (χ1v) is 4.39. The van der Waals surface area contributed by atoms with Crippen LogP contribution in [0.3, 0.4) is 0 Å². The third-order valence-corrected chi connectivity index (χ3v) is 2.14. The molecular formula is C8H6Cl3O-. The molecule has 1 nitrogen and oxygen atoms in total. The molecule has 0 aromatic heterocycles. The van der Waals surface area contributed by atoms with Gasteiger partial charge in [-0.25, -0.2) is 0 Å². The fraction of sp³-hybridized carbons (Fsp3) is 0.250. The lowest BCUT2D eigenvalue weighted by Crippen LogP contribution is -2.03. The lowest BCUT2D eigenvalue weighted by Gasteiger charge is -2.10. The molecule has 0 N–H and O–H groups in total. The molecule has 0 saturated carbocycles. The van der Waals surface area contributed by atoms with Crippen LogP contribution < -0.4 is 5.11 Å². The first-order valence-electron chi connectivity index (χ1n) is 3.26. The van der Waals surface area contributed by atoms with Gasteiger partial charge in [-0.2, -0.15) is 0 Å². The van der Waals surface area contributed by atoms with E-state index >= 15 is 0 Å². The Morgan fingerprint density at radius 1 is 1.33 bits per heavy atom. The SMILES string of the molecule is CC([O-])=C1C=CC(C(Cl)(Cl)Cl)=C1. The minimum atomic E-state index is -1.44. The van der Waals surface area contributed by atoms with E-state index in [1.807, 2.05) is 0 Å². The molecule has 0 amide bonds. The van der Waals surface area contributed by atoms with E-state index in [1.54, 1.807) is 18.2 Å². The van der Waals surface area contributed by atoms with Crippen LogP contribution in [0.25, 0.3) is 0 Å². The van der Waals surface area contributed by atoms with Gasteiger partial charge in [-0.05, 0) is 11.6 Å². The molecule has 4 heteroatoms. The first kappa shape index (κ1) is 9.97. The summed E-state index contributed by atoms with van der Waals surface area (Å²) in [5.41, 5.74) is 1.09. The predicted molar refractivity (Wildman–Crippen MR) is 50.2 cm³/mol. The highest BCUT2D eigenvalue weighted by atomic mass is 35.6. The Balaban J connectivity index is 2.97. The smallest absolute Gasteiger partial charge is 0.216 e. The van der Waals surface area contributed by atoms with Crippen LogP contribution in [0.2, 0.25) is 0 Å². The molecule has 0 saturated heterocycles. The van der Waals surface area contributed by atoms with Crippen molar-refractivity contribution in [2.45, 2.75) is 10.7 Å². The quantitative estimate of drug-likeness (QED) is 0.458. The number of hydrogen-bond acceptors (Lipinski definition) is 1. The van der Waals surface area contributed by atoms with E-state index < -0.39 is 3.79 Å². The van der Waals surface area contributed by atoms with E-state index in [9.17, 15) is 5.11 Å². The van der Waals surface area contributed by atoms with Gasteiger partial charge in [0, 0.05) is 5.57 Å². The zero-order chi connectivity index (χ0) is 9.35. The summed E-state index contributed by atoms with van der Waals surface area (Å²) in [5.74, 6) is -0.0319. The van der Waals surface area contributed by atoms with Crippen LogP contribution in [0.4, 0.5) is 0 Å². The van der Waals surface area contributed by atoms with E-state index in [0.717, 1.165) is 0 Å². The number of halogens is 3. The molecule has 1 aliphatic carbocycles. The molecule has 0 aromatic carbocycles. The number of rotatable bonds is 0. The van der Waals surface area contributed by atoms with Gasteiger partial charge in [0.1, 0.15) is 0 Å². The Morgan fingerprint density at radius 3 is 2.17 bits per heavy atom. The molecule has 66 valence electrons. The fourth-order valence-electron chi connectivity index (χ4n) is 0.839. The highest BCUT2D eigenvalue weighted by Crippen LogP contribution is 2.38. The van der Waals surface area contributed by atoms with Crippen LogP contribution in [0, 0.1) is 0 Å². The largest absolute Gasteiger partial charge is 0.875 e. The summed E-state index contributed by atoms with van der Waals surface area (Å²) >= 11 is 16.8. The standard InChI is InChI=1S/C8H7Cl3O/c1-5(12)6-2-3-7(4-6)8(9,10)11/h2-4,12H,1H3/p-1. The van der Waals surface area contributed by atoms with Crippen molar-refractivity contribution in [3.8, 4) is 0 Å². The van der Waals surface area contributed by atoms with Crippen molar-refractivity contribution in [3.05, 3.63) is 35.1 Å². The van der Waals surface area contributed by atoms with Crippen molar-refractivity contribution in [2.75, 3.05) is 0 Å². The molecule has 0 bridgehead atoms. The third-order valence-electron chi connectivity index (χ3n) is 1.49. The van der Waals surface area contributed by atoms with Crippen molar-refractivity contribution in [1.82, 2.24) is 0 Å². The Hall–Kier alpha value is -0.110. The van der Waals surface area contributed by atoms with Gasteiger partial charge < -0.3 is 5.11 Å². The molecular weight excluding hydrogens is 218 g/mol. The van der Waals surface area contributed by atoms with E-state index in [1.165, 1.54) is 6.92 Å². The molecule has 0 fully saturated rings. The van der Waals surface area contributed by atoms with Crippen LogP contribution in [0.15, 0.2) is 35.1 Å². The van der Waals surface area contributed by atoms with Gasteiger partial charge in [-0.15, -0.1) is 5.76 Å². The van der Waals surface area contributed by atoms with Crippen molar-refractivity contribution in [2.24, 2.45) is 0 Å². The van der Waals surface area contributed by atoms with E-state index in [4.69, 9.17) is 34.8 Å². The topological polar surface area (TPSA) is 23.1 Å².